The van der Waals surface area contributed by atoms with Gasteiger partial charge < -0.3 is 10.6 Å². The van der Waals surface area contributed by atoms with E-state index in [1.165, 1.54) is 0 Å². The summed E-state index contributed by atoms with van der Waals surface area (Å²) in [5.74, 6) is 0. The van der Waals surface area contributed by atoms with Crippen LogP contribution < -0.4 is 10.5 Å². The quantitative estimate of drug-likeness (QED) is 0.837. The number of nitrogens with two attached hydrogens (primary N) is 1. The van der Waals surface area contributed by atoms with Gasteiger partial charge >= 0.3 is 0 Å². The van der Waals surface area contributed by atoms with Crippen molar-refractivity contribution in [3.63, 3.8) is 0 Å². The largest absolute Gasteiger partial charge is 0.326 e. The molecule has 1 saturated heterocycles. The molecule has 1 aromatic carbocycles. The van der Waals surface area contributed by atoms with Crippen molar-refractivity contribution < 1.29 is 8.42 Å². The first-order valence-corrected chi connectivity index (χ1v) is 9.31. The molecular weight excluding hydrogens is 354 g/mol. The van der Waals surface area contributed by atoms with Gasteiger partial charge in [-0.15, -0.1) is 0 Å². The molecule has 0 aromatic heterocycles. The zero-order chi connectivity index (χ0) is 15.6. The van der Waals surface area contributed by atoms with Gasteiger partial charge in [-0.25, -0.2) is 13.1 Å². The van der Waals surface area contributed by atoms with Crippen LogP contribution in [-0.2, 0) is 16.6 Å². The lowest BCUT2D eigenvalue weighted by Gasteiger charge is -2.30. The third-order valence-electron chi connectivity index (χ3n) is 3.83. The molecule has 1 fully saturated rings. The molecular formula is C14H22BrN3O2S. The van der Waals surface area contributed by atoms with E-state index in [1.54, 1.807) is 13.0 Å². The molecule has 0 amide bonds. The molecule has 5 nitrogen and oxygen atoms in total. The van der Waals surface area contributed by atoms with Gasteiger partial charge in [0.25, 0.3) is 0 Å². The monoisotopic (exact) mass is 375 g/mol. The standard InChI is InChI=1S/C14H22BrN3O2S/c1-10-13(15)6-11(8-16)7-14(10)21(19,20)17-12-4-3-5-18(2)9-12/h6-7,12,17H,3-5,8-9,16H2,1-2H3. The lowest BCUT2D eigenvalue weighted by molar-refractivity contribution is 0.242. The summed E-state index contributed by atoms with van der Waals surface area (Å²) in [6.07, 6.45) is 1.88. The molecule has 0 aliphatic carbocycles. The maximum absolute atomic E-state index is 12.7. The molecule has 0 saturated carbocycles. The maximum atomic E-state index is 12.7. The van der Waals surface area contributed by atoms with Crippen LogP contribution in [0, 0.1) is 6.92 Å². The molecule has 1 aliphatic rings. The van der Waals surface area contributed by atoms with E-state index in [0.29, 0.717) is 17.0 Å². The second-order valence-electron chi connectivity index (χ2n) is 5.63. The number of hydrogen-bond acceptors (Lipinski definition) is 4. The number of nitrogens with zero attached hydrogens (tertiary/aromatic N) is 1. The summed E-state index contributed by atoms with van der Waals surface area (Å²) < 4.78 is 28.9. The van der Waals surface area contributed by atoms with E-state index in [1.807, 2.05) is 13.1 Å². The second kappa shape index (κ2) is 6.75. The number of nitrogens with one attached hydrogen (secondary N) is 1. The van der Waals surface area contributed by atoms with Crippen molar-refractivity contribution in [1.82, 2.24) is 9.62 Å². The van der Waals surface area contributed by atoms with E-state index in [9.17, 15) is 8.42 Å². The van der Waals surface area contributed by atoms with E-state index >= 15 is 0 Å². The molecule has 3 N–H and O–H groups in total. The average Bonchev–Trinajstić information content (AvgIpc) is 2.41. The van der Waals surface area contributed by atoms with Crippen LogP contribution in [0.25, 0.3) is 0 Å². The zero-order valence-electron chi connectivity index (χ0n) is 12.4. The fourth-order valence-electron chi connectivity index (χ4n) is 2.65. The summed E-state index contributed by atoms with van der Waals surface area (Å²) in [6.45, 7) is 3.88. The number of likely N-dealkylation sites (N-methyl/N-ethyl adjacent to an activating group) is 1. The number of benzene rings is 1. The Kier molecular flexibility index (Phi) is 5.43. The number of rotatable bonds is 4. The van der Waals surface area contributed by atoms with Crippen LogP contribution in [0.3, 0.4) is 0 Å². The molecule has 1 unspecified atom stereocenters. The molecule has 1 aliphatic heterocycles. The molecule has 0 bridgehead atoms. The van der Waals surface area contributed by atoms with Gasteiger partial charge in [0.05, 0.1) is 4.90 Å². The number of halogens is 1. The number of likely N-dealkylation sites (tertiary alicyclic amines) is 1. The van der Waals surface area contributed by atoms with Crippen molar-refractivity contribution in [1.29, 1.82) is 0 Å². The Morgan fingerprint density at radius 3 is 2.81 bits per heavy atom. The van der Waals surface area contributed by atoms with E-state index in [-0.39, 0.29) is 6.04 Å². The number of sulfonamides is 1. The van der Waals surface area contributed by atoms with Crippen molar-refractivity contribution in [3.8, 4) is 0 Å². The van der Waals surface area contributed by atoms with Crippen molar-refractivity contribution >= 4 is 26.0 Å². The normalized spacial score (nSPS) is 20.7. The molecule has 0 radical (unpaired) electrons. The number of piperidine rings is 1. The summed E-state index contributed by atoms with van der Waals surface area (Å²) in [6, 6.07) is 3.49. The lowest BCUT2D eigenvalue weighted by atomic mass is 10.1. The highest BCUT2D eigenvalue weighted by molar-refractivity contribution is 9.10. The van der Waals surface area contributed by atoms with Gasteiger partial charge in [-0.05, 0) is 56.6 Å². The maximum Gasteiger partial charge on any atom is 0.241 e. The predicted octanol–water partition coefficient (Wildman–Crippen LogP) is 1.59. The van der Waals surface area contributed by atoms with E-state index in [0.717, 1.165) is 36.0 Å². The van der Waals surface area contributed by atoms with Crippen LogP contribution in [-0.4, -0.2) is 39.5 Å². The van der Waals surface area contributed by atoms with Crippen LogP contribution >= 0.6 is 15.9 Å². The summed E-state index contributed by atoms with van der Waals surface area (Å²) in [5.41, 5.74) is 7.15. The summed E-state index contributed by atoms with van der Waals surface area (Å²) in [7, 11) is -1.52. The molecule has 2 rings (SSSR count). The lowest BCUT2D eigenvalue weighted by Crippen LogP contribution is -2.46. The Morgan fingerprint density at radius 2 is 2.19 bits per heavy atom. The van der Waals surface area contributed by atoms with Gasteiger partial charge in [0.1, 0.15) is 0 Å². The minimum absolute atomic E-state index is 0.0338. The van der Waals surface area contributed by atoms with Crippen molar-refractivity contribution in [2.24, 2.45) is 5.73 Å². The Hall–Kier alpha value is -0.470. The van der Waals surface area contributed by atoms with Crippen LogP contribution in [0.4, 0.5) is 0 Å². The predicted molar refractivity (Wildman–Crippen MR) is 87.6 cm³/mol. The molecule has 7 heteroatoms. The minimum atomic E-state index is -3.53. The van der Waals surface area contributed by atoms with Gasteiger partial charge in [0.15, 0.2) is 0 Å². The highest BCUT2D eigenvalue weighted by Crippen LogP contribution is 2.26. The minimum Gasteiger partial charge on any atom is -0.326 e. The van der Waals surface area contributed by atoms with Crippen molar-refractivity contribution in [2.75, 3.05) is 20.1 Å². The van der Waals surface area contributed by atoms with Gasteiger partial charge in [0.2, 0.25) is 10.0 Å². The number of hydrogen-bond donors (Lipinski definition) is 2. The Morgan fingerprint density at radius 1 is 1.48 bits per heavy atom. The van der Waals surface area contributed by atoms with Crippen LogP contribution in [0.2, 0.25) is 0 Å². The SMILES string of the molecule is Cc1c(Br)cc(CN)cc1S(=O)(=O)NC1CCCN(C)C1. The van der Waals surface area contributed by atoms with Crippen molar-refractivity contribution in [3.05, 3.63) is 27.7 Å². The fraction of sp³-hybridized carbons (Fsp3) is 0.571. The average molecular weight is 376 g/mol. The van der Waals surface area contributed by atoms with Crippen LogP contribution in [0.1, 0.15) is 24.0 Å². The van der Waals surface area contributed by atoms with E-state index in [4.69, 9.17) is 5.73 Å². The Bertz CT molecular complexity index is 619. The van der Waals surface area contributed by atoms with Gasteiger partial charge in [0, 0.05) is 23.6 Å². The van der Waals surface area contributed by atoms with E-state index in [2.05, 4.69) is 25.6 Å². The van der Waals surface area contributed by atoms with Crippen LogP contribution in [0.15, 0.2) is 21.5 Å². The van der Waals surface area contributed by atoms with Gasteiger partial charge in [-0.2, -0.15) is 0 Å². The topological polar surface area (TPSA) is 75.4 Å². The van der Waals surface area contributed by atoms with Crippen LogP contribution in [0.5, 0.6) is 0 Å². The molecule has 1 aromatic rings. The second-order valence-corrected chi connectivity index (χ2v) is 8.16. The zero-order valence-corrected chi connectivity index (χ0v) is 14.8. The molecule has 1 atom stereocenters. The first-order valence-electron chi connectivity index (χ1n) is 7.03. The first kappa shape index (κ1) is 16.9. The van der Waals surface area contributed by atoms with Gasteiger partial charge in [-0.3, -0.25) is 0 Å². The molecule has 21 heavy (non-hydrogen) atoms. The molecule has 1 heterocycles. The first-order chi connectivity index (χ1) is 9.83. The highest BCUT2D eigenvalue weighted by atomic mass is 79.9. The third kappa shape index (κ3) is 4.04. The highest BCUT2D eigenvalue weighted by Gasteiger charge is 2.25. The Labute approximate surface area is 135 Å². The molecule has 0 spiro atoms. The smallest absolute Gasteiger partial charge is 0.241 e. The third-order valence-corrected chi connectivity index (χ3v) is 6.30. The summed E-state index contributed by atoms with van der Waals surface area (Å²) in [5, 5.41) is 0. The van der Waals surface area contributed by atoms with E-state index < -0.39 is 10.0 Å². The van der Waals surface area contributed by atoms with Crippen molar-refractivity contribution in [2.45, 2.75) is 37.2 Å². The summed E-state index contributed by atoms with van der Waals surface area (Å²) in [4.78, 5) is 2.46. The van der Waals surface area contributed by atoms with Gasteiger partial charge in [-0.1, -0.05) is 15.9 Å². The molecule has 118 valence electrons. The Balaban J connectivity index is 2.29. The summed E-state index contributed by atoms with van der Waals surface area (Å²) >= 11 is 3.41. The fourth-order valence-corrected chi connectivity index (χ4v) is 4.87.